The number of hydrogen-bond donors (Lipinski definition) is 0. The first-order chi connectivity index (χ1) is 15.6. The predicted molar refractivity (Wildman–Crippen MR) is 122 cm³/mol. The fourth-order valence-corrected chi connectivity index (χ4v) is 5.10. The number of benzene rings is 2. The van der Waals surface area contributed by atoms with Gasteiger partial charge in [-0.3, -0.25) is 14.9 Å². The minimum atomic E-state index is -0.384. The zero-order valence-electron chi connectivity index (χ0n) is 17.3. The van der Waals surface area contributed by atoms with Crippen LogP contribution in [0.15, 0.2) is 64.5 Å². The third-order valence-corrected chi connectivity index (χ3v) is 6.70. The fourth-order valence-electron chi connectivity index (χ4n) is 4.12. The summed E-state index contributed by atoms with van der Waals surface area (Å²) in [4.78, 5) is 28.8. The number of nitrogens with zero attached hydrogens (tertiary/aromatic N) is 5. The van der Waals surface area contributed by atoms with Gasteiger partial charge < -0.3 is 4.57 Å². The van der Waals surface area contributed by atoms with Gasteiger partial charge in [0.1, 0.15) is 5.56 Å². The molecule has 2 aromatic rings. The van der Waals surface area contributed by atoms with Crippen molar-refractivity contribution in [1.29, 1.82) is 0 Å². The van der Waals surface area contributed by atoms with Crippen LogP contribution in [0.25, 0.3) is 17.1 Å². The van der Waals surface area contributed by atoms with Crippen LogP contribution in [0, 0.1) is 10.1 Å². The Labute approximate surface area is 188 Å². The van der Waals surface area contributed by atoms with Crippen LogP contribution >= 0.6 is 11.8 Å². The van der Waals surface area contributed by atoms with E-state index in [0.29, 0.717) is 22.8 Å². The first-order valence-corrected chi connectivity index (χ1v) is 11.5. The molecule has 0 aliphatic carbocycles. The van der Waals surface area contributed by atoms with Crippen LogP contribution < -0.4 is 5.56 Å². The van der Waals surface area contributed by atoms with Crippen molar-refractivity contribution in [3.63, 3.8) is 0 Å². The van der Waals surface area contributed by atoms with E-state index in [9.17, 15) is 14.9 Å². The summed E-state index contributed by atoms with van der Waals surface area (Å²) in [7, 11) is 0. The Hall–Kier alpha value is -3.46. The van der Waals surface area contributed by atoms with E-state index in [1.807, 2.05) is 36.4 Å². The minimum absolute atomic E-state index is 0.0793. The molecule has 5 rings (SSSR count). The summed E-state index contributed by atoms with van der Waals surface area (Å²) in [6.07, 6.45) is 3.94. The van der Waals surface area contributed by atoms with Gasteiger partial charge in [-0.05, 0) is 37.0 Å². The summed E-state index contributed by atoms with van der Waals surface area (Å²) >= 11 is 1.52. The molecule has 3 aliphatic rings. The Kier molecular flexibility index (Phi) is 5.48. The summed E-state index contributed by atoms with van der Waals surface area (Å²) in [5.41, 5.74) is 3.09. The molecule has 0 saturated carbocycles. The van der Waals surface area contributed by atoms with Crippen molar-refractivity contribution in [2.45, 2.75) is 43.1 Å². The van der Waals surface area contributed by atoms with Gasteiger partial charge in [0, 0.05) is 30.1 Å². The molecule has 0 radical (unpaired) electrons. The van der Waals surface area contributed by atoms with E-state index in [1.54, 1.807) is 12.1 Å². The highest BCUT2D eigenvalue weighted by Crippen LogP contribution is 2.32. The Bertz CT molecular complexity index is 1320. The van der Waals surface area contributed by atoms with Crippen molar-refractivity contribution >= 4 is 17.4 Å². The van der Waals surface area contributed by atoms with Gasteiger partial charge in [0.25, 0.3) is 11.2 Å². The zero-order chi connectivity index (χ0) is 22.1. The molecule has 0 fully saturated rings. The highest BCUT2D eigenvalue weighted by atomic mass is 32.2. The number of para-hydroxylation sites is 1. The Morgan fingerprint density at radius 1 is 1.06 bits per heavy atom. The molecule has 9 heteroatoms. The average molecular weight is 448 g/mol. The molecule has 32 heavy (non-hydrogen) atoms. The van der Waals surface area contributed by atoms with Crippen molar-refractivity contribution in [2.24, 2.45) is 0 Å². The molecule has 162 valence electrons. The summed E-state index contributed by atoms with van der Waals surface area (Å²) in [5, 5.41) is 16.4. The smallest absolute Gasteiger partial charge is 0.284 e. The lowest BCUT2D eigenvalue weighted by atomic mass is 10.1. The highest BCUT2D eigenvalue weighted by molar-refractivity contribution is 7.98. The van der Waals surface area contributed by atoms with E-state index in [4.69, 9.17) is 4.98 Å². The van der Waals surface area contributed by atoms with Gasteiger partial charge in [-0.2, -0.15) is 4.68 Å². The average Bonchev–Trinajstić information content (AvgIpc) is 2.98. The third kappa shape index (κ3) is 3.80. The van der Waals surface area contributed by atoms with Gasteiger partial charge >= 0.3 is 0 Å². The van der Waals surface area contributed by atoms with Gasteiger partial charge in [-0.15, -0.1) is 5.10 Å². The van der Waals surface area contributed by atoms with Gasteiger partial charge in [0.2, 0.25) is 0 Å². The number of nitro benzene ring substituents is 1. The van der Waals surface area contributed by atoms with Crippen molar-refractivity contribution in [2.75, 3.05) is 0 Å². The molecule has 3 aliphatic heterocycles. The van der Waals surface area contributed by atoms with Crippen LogP contribution in [0.1, 0.15) is 30.5 Å². The molecule has 0 N–H and O–H groups in total. The molecule has 0 bridgehead atoms. The van der Waals surface area contributed by atoms with E-state index < -0.39 is 0 Å². The molecule has 0 amide bonds. The normalized spacial score (nSPS) is 13.6. The molecular formula is C23H21N5O3S. The number of hydrogen-bond acceptors (Lipinski definition) is 6. The standard InChI is InChI=1S/C23H21N5O3S/c29-22-20-19-12-5-2-6-13-26(19)23(32-15-16-8-7-11-18(14-16)28(30)31)24-21(20)25-27(22)17-9-3-1-4-10-17/h1,3-4,7-11,14H,2,5-6,12-13,15H2. The Balaban J connectivity index is 1.58. The summed E-state index contributed by atoms with van der Waals surface area (Å²) in [6.45, 7) is 0.797. The lowest BCUT2D eigenvalue weighted by Gasteiger charge is -2.17. The van der Waals surface area contributed by atoms with E-state index >= 15 is 0 Å². The number of thioether (sulfide) groups is 1. The molecule has 0 unspecified atom stereocenters. The highest BCUT2D eigenvalue weighted by Gasteiger charge is 2.27. The quantitative estimate of drug-likeness (QED) is 0.194. The number of fused-ring (bicyclic) bond motifs is 3. The third-order valence-electron chi connectivity index (χ3n) is 5.66. The second kappa shape index (κ2) is 8.58. The van der Waals surface area contributed by atoms with Crippen LogP contribution in [0.4, 0.5) is 5.69 Å². The largest absolute Gasteiger partial charge is 0.324 e. The maximum Gasteiger partial charge on any atom is 0.284 e. The van der Waals surface area contributed by atoms with E-state index in [-0.39, 0.29) is 16.2 Å². The lowest BCUT2D eigenvalue weighted by molar-refractivity contribution is -0.384. The summed E-state index contributed by atoms with van der Waals surface area (Å²) in [5.74, 6) is 0.997. The molecule has 3 heterocycles. The van der Waals surface area contributed by atoms with Crippen LogP contribution in [0.5, 0.6) is 0 Å². The molecule has 0 spiro atoms. The number of non-ortho nitro benzene ring substituents is 1. The molecule has 8 nitrogen and oxygen atoms in total. The van der Waals surface area contributed by atoms with Gasteiger partial charge in [0.05, 0.1) is 10.6 Å². The first-order valence-electron chi connectivity index (χ1n) is 10.6. The molecule has 0 saturated heterocycles. The van der Waals surface area contributed by atoms with Crippen LogP contribution in [0.2, 0.25) is 0 Å². The van der Waals surface area contributed by atoms with E-state index in [1.165, 1.54) is 22.5 Å². The molecular weight excluding hydrogens is 426 g/mol. The summed E-state index contributed by atoms with van der Waals surface area (Å²) < 4.78 is 3.58. The predicted octanol–water partition coefficient (Wildman–Crippen LogP) is 4.46. The maximum absolute atomic E-state index is 13.3. The van der Waals surface area contributed by atoms with Gasteiger partial charge in [-0.1, -0.05) is 48.5 Å². The Morgan fingerprint density at radius 3 is 2.72 bits per heavy atom. The van der Waals surface area contributed by atoms with Crippen LogP contribution in [-0.4, -0.2) is 24.3 Å². The van der Waals surface area contributed by atoms with Gasteiger partial charge in [-0.25, -0.2) is 4.98 Å². The molecule has 0 atom stereocenters. The second-order valence-electron chi connectivity index (χ2n) is 7.77. The van der Waals surface area contributed by atoms with Crippen molar-refractivity contribution in [1.82, 2.24) is 19.3 Å². The monoisotopic (exact) mass is 447 g/mol. The second-order valence-corrected chi connectivity index (χ2v) is 8.71. The zero-order valence-corrected chi connectivity index (χ0v) is 18.1. The number of aromatic nitrogens is 4. The van der Waals surface area contributed by atoms with Crippen molar-refractivity contribution in [3.05, 3.63) is 86.3 Å². The van der Waals surface area contributed by atoms with E-state index in [2.05, 4.69) is 9.67 Å². The first kappa shape index (κ1) is 20.4. The Morgan fingerprint density at radius 2 is 1.91 bits per heavy atom. The number of rotatable bonds is 5. The van der Waals surface area contributed by atoms with Crippen LogP contribution in [0.3, 0.4) is 0 Å². The maximum atomic E-state index is 13.3. The van der Waals surface area contributed by atoms with Crippen LogP contribution in [-0.2, 0) is 18.7 Å². The summed E-state index contributed by atoms with van der Waals surface area (Å²) in [6, 6.07) is 16.0. The molecule has 0 aromatic heterocycles. The minimum Gasteiger partial charge on any atom is -0.324 e. The van der Waals surface area contributed by atoms with Crippen molar-refractivity contribution in [3.8, 4) is 17.1 Å². The topological polar surface area (TPSA) is 95.8 Å². The molecule has 2 aromatic carbocycles. The van der Waals surface area contributed by atoms with Gasteiger partial charge in [0.15, 0.2) is 11.0 Å². The lowest BCUT2D eigenvalue weighted by Crippen LogP contribution is -2.19. The van der Waals surface area contributed by atoms with Crippen molar-refractivity contribution < 1.29 is 4.92 Å². The van der Waals surface area contributed by atoms with E-state index in [0.717, 1.165) is 48.6 Å². The number of nitro groups is 1. The SMILES string of the molecule is O=c1c2c3n(c(SCc4cccc([N+](=O)[O-])c4)nc-2nn1-c1ccccc1)CCCCC3. The fraction of sp³-hybridized carbons (Fsp3) is 0.261.